The zero-order chi connectivity index (χ0) is 29.5. The number of benzene rings is 2. The van der Waals surface area contributed by atoms with Crippen LogP contribution in [-0.2, 0) is 0 Å². The first-order valence-corrected chi connectivity index (χ1v) is 12.7. The highest BCUT2D eigenvalue weighted by Crippen LogP contribution is 2.36. The molecule has 2 aromatic rings. The normalized spacial score (nSPS) is 14.9. The number of hydrogen-bond acceptors (Lipinski definition) is 8. The van der Waals surface area contributed by atoms with Gasteiger partial charge in [0.15, 0.2) is 11.4 Å². The van der Waals surface area contributed by atoms with Crippen LogP contribution in [0, 0.1) is 27.9 Å². The van der Waals surface area contributed by atoms with Gasteiger partial charge in [0.1, 0.15) is 6.61 Å². The number of fused-ring (bicyclic) bond motifs is 1. The van der Waals surface area contributed by atoms with Crippen molar-refractivity contribution in [1.29, 1.82) is 0 Å². The van der Waals surface area contributed by atoms with Crippen molar-refractivity contribution in [3.05, 3.63) is 75.4 Å². The summed E-state index contributed by atoms with van der Waals surface area (Å²) in [6.45, 7) is 0.724. The van der Waals surface area contributed by atoms with Gasteiger partial charge in [-0.1, -0.05) is 36.1 Å². The molecule has 2 aromatic carbocycles. The number of likely N-dealkylation sites (tertiary alicyclic amines) is 1. The number of nitrogens with one attached hydrogen (secondary N) is 1. The number of nitro groups is 1. The van der Waals surface area contributed by atoms with E-state index in [9.17, 15) is 29.3 Å². The number of primary amides is 1. The predicted octanol–water partition coefficient (Wildman–Crippen LogP) is 2.73. The van der Waals surface area contributed by atoms with E-state index in [4.69, 9.17) is 15.6 Å². The molecule has 0 aliphatic carbocycles. The molecule has 1 fully saturated rings. The number of hydrogen-bond donors (Lipinski definition) is 3. The molecular formula is C28H27N5O8. The number of imide groups is 1. The number of nitrogens with zero attached hydrogens (tertiary/aromatic N) is 3. The molecule has 0 bridgehead atoms. The van der Waals surface area contributed by atoms with Crippen LogP contribution in [0.1, 0.15) is 43.9 Å². The summed E-state index contributed by atoms with van der Waals surface area (Å²) in [4.78, 5) is 61.4. The SMILES string of the molecule is NC(=O)c1cc(OCC#CC2CCN(C(=O)O)CC2)c(NCC=CCN2C(=O)c3ccccc3C2=O)c([N+](=O)[O-])c1. The van der Waals surface area contributed by atoms with Gasteiger partial charge in [-0.3, -0.25) is 29.4 Å². The van der Waals surface area contributed by atoms with E-state index in [-0.39, 0.29) is 42.6 Å². The molecule has 2 aliphatic heterocycles. The van der Waals surface area contributed by atoms with Crippen molar-refractivity contribution in [1.82, 2.24) is 9.80 Å². The molecule has 4 N–H and O–H groups in total. The lowest BCUT2D eigenvalue weighted by Crippen LogP contribution is -2.37. The van der Waals surface area contributed by atoms with Gasteiger partial charge in [-0.25, -0.2) is 4.79 Å². The summed E-state index contributed by atoms with van der Waals surface area (Å²) >= 11 is 0. The van der Waals surface area contributed by atoms with Crippen molar-refractivity contribution in [2.24, 2.45) is 11.7 Å². The first kappa shape index (κ1) is 28.6. The van der Waals surface area contributed by atoms with E-state index >= 15 is 0 Å². The van der Waals surface area contributed by atoms with E-state index in [1.807, 2.05) is 0 Å². The molecule has 0 radical (unpaired) electrons. The predicted molar refractivity (Wildman–Crippen MR) is 147 cm³/mol. The number of piperidine rings is 1. The van der Waals surface area contributed by atoms with Crippen molar-refractivity contribution >= 4 is 35.2 Å². The molecule has 1 saturated heterocycles. The van der Waals surface area contributed by atoms with E-state index < -0.39 is 34.4 Å². The fourth-order valence-corrected chi connectivity index (χ4v) is 4.52. The third kappa shape index (κ3) is 6.62. The zero-order valence-electron chi connectivity index (χ0n) is 21.9. The molecule has 4 amide bonds. The van der Waals surface area contributed by atoms with Gasteiger partial charge < -0.3 is 25.8 Å². The smallest absolute Gasteiger partial charge is 0.407 e. The van der Waals surface area contributed by atoms with Crippen molar-refractivity contribution in [2.75, 3.05) is 38.1 Å². The van der Waals surface area contributed by atoms with Crippen LogP contribution in [-0.4, -0.2) is 76.4 Å². The number of carbonyl (C=O) groups is 4. The number of nitrogens with two attached hydrogens (primary N) is 1. The van der Waals surface area contributed by atoms with Crippen LogP contribution >= 0.6 is 0 Å². The van der Waals surface area contributed by atoms with E-state index in [2.05, 4.69) is 17.2 Å². The summed E-state index contributed by atoms with van der Waals surface area (Å²) in [7, 11) is 0. The van der Waals surface area contributed by atoms with Crippen molar-refractivity contribution in [2.45, 2.75) is 12.8 Å². The molecule has 0 aromatic heterocycles. The molecule has 13 heteroatoms. The average molecular weight is 562 g/mol. The van der Waals surface area contributed by atoms with E-state index in [0.29, 0.717) is 37.1 Å². The quantitative estimate of drug-likeness (QED) is 0.136. The molecule has 2 aliphatic rings. The second-order valence-electron chi connectivity index (χ2n) is 9.26. The van der Waals surface area contributed by atoms with Gasteiger partial charge in [-0.15, -0.1) is 0 Å². The van der Waals surface area contributed by atoms with Crippen molar-refractivity contribution in [3.63, 3.8) is 0 Å². The van der Waals surface area contributed by atoms with Gasteiger partial charge in [0.05, 0.1) is 16.1 Å². The minimum atomic E-state index is -0.964. The largest absolute Gasteiger partial charge is 0.478 e. The lowest BCUT2D eigenvalue weighted by Gasteiger charge is -2.27. The molecular weight excluding hydrogens is 534 g/mol. The first-order chi connectivity index (χ1) is 19.7. The standard InChI is InChI=1S/C28H27N5O8/c29-25(34)19-16-22(33(39)40)24(23(17-19)41-15-5-6-18-9-13-31(14-10-18)28(37)38)30-11-3-4-12-32-26(35)20-7-1-2-8-21(20)27(32)36/h1-4,7-8,16-18,30H,9-15H2,(H2,29,34)(H,37,38). The van der Waals surface area contributed by atoms with E-state index in [0.717, 1.165) is 11.0 Å². The zero-order valence-corrected chi connectivity index (χ0v) is 21.9. The topological polar surface area (TPSA) is 185 Å². The van der Waals surface area contributed by atoms with Gasteiger partial charge in [0, 0.05) is 43.7 Å². The molecule has 0 spiro atoms. The van der Waals surface area contributed by atoms with Crippen molar-refractivity contribution < 1.29 is 33.9 Å². The Hall–Kier alpha value is -5.38. The molecule has 0 unspecified atom stereocenters. The Labute approximate surface area is 234 Å². The minimum Gasteiger partial charge on any atom is -0.478 e. The molecule has 0 atom stereocenters. The van der Waals surface area contributed by atoms with Crippen LogP contribution in [0.5, 0.6) is 5.75 Å². The summed E-state index contributed by atoms with van der Waals surface area (Å²) in [5.74, 6) is 4.21. The highest BCUT2D eigenvalue weighted by Gasteiger charge is 2.34. The fraction of sp³-hybridized carbons (Fsp3) is 0.286. The first-order valence-electron chi connectivity index (χ1n) is 12.7. The summed E-state index contributed by atoms with van der Waals surface area (Å²) in [6, 6.07) is 8.86. The lowest BCUT2D eigenvalue weighted by molar-refractivity contribution is -0.384. The monoisotopic (exact) mass is 561 g/mol. The minimum absolute atomic E-state index is 0.00180. The van der Waals surface area contributed by atoms with Crippen LogP contribution in [0.3, 0.4) is 0 Å². The number of carbonyl (C=O) groups excluding carboxylic acids is 3. The van der Waals surface area contributed by atoms with Gasteiger partial charge in [-0.05, 0) is 31.0 Å². The van der Waals surface area contributed by atoms with Crippen LogP contribution in [0.2, 0.25) is 0 Å². The number of anilines is 1. The number of ether oxygens (including phenoxy) is 1. The molecule has 41 heavy (non-hydrogen) atoms. The van der Waals surface area contributed by atoms with E-state index in [1.165, 1.54) is 11.0 Å². The van der Waals surface area contributed by atoms with Crippen LogP contribution in [0.15, 0.2) is 48.6 Å². The van der Waals surface area contributed by atoms with Gasteiger partial charge in [-0.2, -0.15) is 0 Å². The highest BCUT2D eigenvalue weighted by atomic mass is 16.6. The maximum atomic E-state index is 12.5. The summed E-state index contributed by atoms with van der Waals surface area (Å²) in [6.07, 6.45) is 3.39. The highest BCUT2D eigenvalue weighted by molar-refractivity contribution is 6.21. The average Bonchev–Trinajstić information content (AvgIpc) is 3.20. The summed E-state index contributed by atoms with van der Waals surface area (Å²) < 4.78 is 5.70. The maximum Gasteiger partial charge on any atom is 0.407 e. The Balaban J connectivity index is 1.42. The number of rotatable bonds is 9. The van der Waals surface area contributed by atoms with Crippen LogP contribution < -0.4 is 15.8 Å². The lowest BCUT2D eigenvalue weighted by atomic mass is 9.98. The molecule has 13 nitrogen and oxygen atoms in total. The molecule has 0 saturated carbocycles. The van der Waals surface area contributed by atoms with Crippen LogP contribution in [0.4, 0.5) is 16.2 Å². The van der Waals surface area contributed by atoms with Gasteiger partial charge in [0.2, 0.25) is 5.91 Å². The third-order valence-electron chi connectivity index (χ3n) is 6.66. The second-order valence-corrected chi connectivity index (χ2v) is 9.26. The van der Waals surface area contributed by atoms with Gasteiger partial charge in [0.25, 0.3) is 17.5 Å². The Morgan fingerprint density at radius 1 is 1.15 bits per heavy atom. The Morgan fingerprint density at radius 3 is 2.39 bits per heavy atom. The third-order valence-corrected chi connectivity index (χ3v) is 6.66. The maximum absolute atomic E-state index is 12.5. The fourth-order valence-electron chi connectivity index (χ4n) is 4.52. The number of nitro benzene ring substituents is 1. The van der Waals surface area contributed by atoms with E-state index in [1.54, 1.807) is 36.4 Å². The number of carboxylic acid groups (broad SMARTS) is 1. The van der Waals surface area contributed by atoms with Crippen molar-refractivity contribution in [3.8, 4) is 17.6 Å². The summed E-state index contributed by atoms with van der Waals surface area (Å²) in [5.41, 5.74) is 5.49. The van der Waals surface area contributed by atoms with Crippen LogP contribution in [0.25, 0.3) is 0 Å². The number of amides is 4. The molecule has 212 valence electrons. The molecule has 4 rings (SSSR count). The summed E-state index contributed by atoms with van der Waals surface area (Å²) in [5, 5.41) is 23.7. The Kier molecular flexibility index (Phi) is 8.83. The Morgan fingerprint density at radius 2 is 1.80 bits per heavy atom. The van der Waals surface area contributed by atoms with Gasteiger partial charge >= 0.3 is 6.09 Å². The Bertz CT molecular complexity index is 1450. The second kappa shape index (κ2) is 12.6. The molecule has 2 heterocycles.